The normalized spacial score (nSPS) is 11.6. The van der Waals surface area contributed by atoms with Crippen molar-refractivity contribution in [3.05, 3.63) is 10.4 Å². The van der Waals surface area contributed by atoms with Crippen molar-refractivity contribution in [3.63, 3.8) is 0 Å². The third kappa shape index (κ3) is 4.32. The fraction of sp³-hybridized carbons (Fsp3) is 0.714. The van der Waals surface area contributed by atoms with Crippen molar-refractivity contribution in [2.75, 3.05) is 6.54 Å². The van der Waals surface area contributed by atoms with E-state index in [-0.39, 0.29) is 12.5 Å². The van der Waals surface area contributed by atoms with Gasteiger partial charge in [0, 0.05) is 4.91 Å². The van der Waals surface area contributed by atoms with Crippen molar-refractivity contribution in [1.29, 1.82) is 0 Å². The largest absolute Gasteiger partial charge is 0.480 e. The number of azide groups is 1. The van der Waals surface area contributed by atoms with Gasteiger partial charge in [-0.2, -0.15) is 0 Å². The van der Waals surface area contributed by atoms with E-state index in [1.165, 1.54) is 0 Å². The quantitative estimate of drug-likeness (QED) is 0.383. The van der Waals surface area contributed by atoms with Gasteiger partial charge in [-0.1, -0.05) is 19.0 Å². The van der Waals surface area contributed by atoms with Crippen LogP contribution in [0.1, 0.15) is 13.8 Å². The molecule has 1 amide bonds. The van der Waals surface area contributed by atoms with E-state index in [0.717, 1.165) is 0 Å². The highest BCUT2D eigenvalue weighted by molar-refractivity contribution is 5.84. The second kappa shape index (κ2) is 5.82. The van der Waals surface area contributed by atoms with Gasteiger partial charge in [-0.3, -0.25) is 4.79 Å². The molecule has 0 spiro atoms. The maximum atomic E-state index is 11.0. The lowest BCUT2D eigenvalue weighted by Crippen LogP contribution is -2.45. The first-order valence-electron chi connectivity index (χ1n) is 4.02. The van der Waals surface area contributed by atoms with E-state index in [1.54, 1.807) is 13.8 Å². The number of carbonyl (C=O) groups excluding carboxylic acids is 1. The van der Waals surface area contributed by atoms with E-state index in [0.29, 0.717) is 0 Å². The van der Waals surface area contributed by atoms with Crippen molar-refractivity contribution in [2.24, 2.45) is 11.0 Å². The fourth-order valence-electron chi connectivity index (χ4n) is 0.828. The Kier molecular flexibility index (Phi) is 5.09. The first kappa shape index (κ1) is 12.2. The molecule has 0 aromatic carbocycles. The standard InChI is InChI=1S/C7H12N4O3/c1-4(2)6(7(13)14)10-5(12)3-9-11-8/h4,6H,3H2,1-2H3,(H,10,12)(H,13,14). The Morgan fingerprint density at radius 1 is 1.57 bits per heavy atom. The molecule has 0 bridgehead atoms. The molecule has 0 aliphatic carbocycles. The van der Waals surface area contributed by atoms with Crippen molar-refractivity contribution < 1.29 is 14.7 Å². The third-order valence-electron chi connectivity index (χ3n) is 1.53. The van der Waals surface area contributed by atoms with Gasteiger partial charge in [0.2, 0.25) is 5.91 Å². The smallest absolute Gasteiger partial charge is 0.326 e. The molecule has 7 nitrogen and oxygen atoms in total. The van der Waals surface area contributed by atoms with Gasteiger partial charge >= 0.3 is 5.97 Å². The molecule has 1 atom stereocenters. The molecule has 0 fully saturated rings. The molecule has 0 aromatic heterocycles. The number of hydrogen-bond donors (Lipinski definition) is 2. The second-order valence-electron chi connectivity index (χ2n) is 3.02. The maximum Gasteiger partial charge on any atom is 0.326 e. The van der Waals surface area contributed by atoms with Gasteiger partial charge in [0.05, 0.1) is 0 Å². The van der Waals surface area contributed by atoms with Crippen LogP contribution < -0.4 is 5.32 Å². The molecule has 0 radical (unpaired) electrons. The van der Waals surface area contributed by atoms with Crippen LogP contribution in [0.25, 0.3) is 10.4 Å². The van der Waals surface area contributed by atoms with Gasteiger partial charge in [0.15, 0.2) is 0 Å². The van der Waals surface area contributed by atoms with E-state index in [4.69, 9.17) is 10.6 Å². The Labute approximate surface area is 80.7 Å². The summed E-state index contributed by atoms with van der Waals surface area (Å²) in [6, 6.07) is -0.948. The van der Waals surface area contributed by atoms with Gasteiger partial charge in [-0.15, -0.1) is 0 Å². The first-order chi connectivity index (χ1) is 6.49. The lowest BCUT2D eigenvalue weighted by atomic mass is 10.1. The van der Waals surface area contributed by atoms with Gasteiger partial charge in [-0.25, -0.2) is 4.79 Å². The summed E-state index contributed by atoms with van der Waals surface area (Å²) >= 11 is 0. The van der Waals surface area contributed by atoms with Crippen LogP contribution in [0, 0.1) is 5.92 Å². The van der Waals surface area contributed by atoms with Crippen LogP contribution in [0.2, 0.25) is 0 Å². The highest BCUT2D eigenvalue weighted by atomic mass is 16.4. The Morgan fingerprint density at radius 2 is 2.14 bits per heavy atom. The van der Waals surface area contributed by atoms with E-state index < -0.39 is 17.9 Å². The predicted octanol–water partition coefficient (Wildman–Crippen LogP) is 0.522. The molecule has 0 aromatic rings. The van der Waals surface area contributed by atoms with E-state index >= 15 is 0 Å². The summed E-state index contributed by atoms with van der Waals surface area (Å²) in [7, 11) is 0. The Hall–Kier alpha value is -1.75. The van der Waals surface area contributed by atoms with Crippen LogP contribution in [-0.2, 0) is 9.59 Å². The lowest BCUT2D eigenvalue weighted by Gasteiger charge is -2.16. The monoisotopic (exact) mass is 200 g/mol. The molecular formula is C7H12N4O3. The Morgan fingerprint density at radius 3 is 2.50 bits per heavy atom. The molecule has 78 valence electrons. The molecule has 0 saturated heterocycles. The topological polar surface area (TPSA) is 115 Å². The Balaban J connectivity index is 4.23. The Bertz CT molecular complexity index is 270. The van der Waals surface area contributed by atoms with Crippen molar-refractivity contribution in [1.82, 2.24) is 5.32 Å². The van der Waals surface area contributed by atoms with Gasteiger partial charge in [0.25, 0.3) is 0 Å². The second-order valence-corrected chi connectivity index (χ2v) is 3.02. The summed E-state index contributed by atoms with van der Waals surface area (Å²) in [6.45, 7) is 2.96. The molecule has 0 aliphatic rings. The minimum atomic E-state index is -1.10. The third-order valence-corrected chi connectivity index (χ3v) is 1.53. The zero-order valence-electron chi connectivity index (χ0n) is 7.97. The summed E-state index contributed by atoms with van der Waals surface area (Å²) in [4.78, 5) is 24.0. The minimum Gasteiger partial charge on any atom is -0.480 e. The molecule has 2 N–H and O–H groups in total. The summed E-state index contributed by atoms with van der Waals surface area (Å²) in [5.41, 5.74) is 7.93. The van der Waals surface area contributed by atoms with Gasteiger partial charge in [-0.05, 0) is 11.4 Å². The van der Waals surface area contributed by atoms with Gasteiger partial charge in [0.1, 0.15) is 12.6 Å². The van der Waals surface area contributed by atoms with Crippen molar-refractivity contribution >= 4 is 11.9 Å². The van der Waals surface area contributed by atoms with Crippen molar-refractivity contribution in [2.45, 2.75) is 19.9 Å². The minimum absolute atomic E-state index is 0.220. The van der Waals surface area contributed by atoms with E-state index in [1.807, 2.05) is 0 Å². The van der Waals surface area contributed by atoms with Crippen molar-refractivity contribution in [3.8, 4) is 0 Å². The number of carboxylic acid groups (broad SMARTS) is 1. The van der Waals surface area contributed by atoms with Crippen LogP contribution >= 0.6 is 0 Å². The summed E-state index contributed by atoms with van der Waals surface area (Å²) < 4.78 is 0. The number of nitrogens with zero attached hydrogens (tertiary/aromatic N) is 3. The van der Waals surface area contributed by atoms with Gasteiger partial charge < -0.3 is 10.4 Å². The number of carboxylic acids is 1. The SMILES string of the molecule is CC(C)C(NC(=O)CN=[N+]=[N-])C(=O)O. The van der Waals surface area contributed by atoms with Crippen LogP contribution in [0.5, 0.6) is 0 Å². The molecule has 0 aliphatic heterocycles. The number of hydrogen-bond acceptors (Lipinski definition) is 3. The number of amides is 1. The number of carbonyl (C=O) groups is 2. The number of aliphatic carboxylic acids is 1. The van der Waals surface area contributed by atoms with E-state index in [9.17, 15) is 9.59 Å². The lowest BCUT2D eigenvalue weighted by molar-refractivity contribution is -0.142. The maximum absolute atomic E-state index is 11.0. The highest BCUT2D eigenvalue weighted by Crippen LogP contribution is 2.01. The summed E-state index contributed by atoms with van der Waals surface area (Å²) in [5.74, 6) is -1.92. The average Bonchev–Trinajstić information content (AvgIpc) is 2.09. The first-order valence-corrected chi connectivity index (χ1v) is 4.02. The summed E-state index contributed by atoms with van der Waals surface area (Å²) in [6.07, 6.45) is 0. The van der Waals surface area contributed by atoms with Crippen LogP contribution in [0.3, 0.4) is 0 Å². The number of rotatable bonds is 5. The molecule has 0 saturated carbocycles. The molecule has 1 unspecified atom stereocenters. The fourth-order valence-corrected chi connectivity index (χ4v) is 0.828. The molecule has 7 heteroatoms. The molecular weight excluding hydrogens is 188 g/mol. The van der Waals surface area contributed by atoms with Crippen LogP contribution in [0.4, 0.5) is 0 Å². The zero-order valence-corrected chi connectivity index (χ0v) is 7.97. The molecule has 0 rings (SSSR count). The van der Waals surface area contributed by atoms with Crippen LogP contribution in [0.15, 0.2) is 5.11 Å². The predicted molar refractivity (Wildman–Crippen MR) is 48.4 cm³/mol. The van der Waals surface area contributed by atoms with E-state index in [2.05, 4.69) is 15.3 Å². The number of nitrogens with one attached hydrogen (secondary N) is 1. The highest BCUT2D eigenvalue weighted by Gasteiger charge is 2.22. The molecule has 0 heterocycles. The van der Waals surface area contributed by atoms with Crippen LogP contribution in [-0.4, -0.2) is 29.6 Å². The zero-order chi connectivity index (χ0) is 11.1. The summed E-state index contributed by atoms with van der Waals surface area (Å²) in [5, 5.41) is 14.0. The average molecular weight is 200 g/mol. The molecule has 14 heavy (non-hydrogen) atoms.